The average molecular weight is 415 g/mol. The van der Waals surface area contributed by atoms with E-state index in [1.54, 1.807) is 0 Å². The van der Waals surface area contributed by atoms with Crippen LogP contribution in [0.25, 0.3) is 0 Å². The van der Waals surface area contributed by atoms with Crippen LogP contribution in [0.3, 0.4) is 0 Å². The van der Waals surface area contributed by atoms with Crippen LogP contribution in [0.2, 0.25) is 0 Å². The molecule has 0 aromatic carbocycles. The zero-order chi connectivity index (χ0) is 22.8. The van der Waals surface area contributed by atoms with E-state index in [0.29, 0.717) is 12.1 Å². The zero-order valence-electron chi connectivity index (χ0n) is 21.6. The number of hydrogen-bond acceptors (Lipinski definition) is 6. The molecule has 1 atom stereocenters. The van der Waals surface area contributed by atoms with Crippen LogP contribution in [0.1, 0.15) is 102 Å². The summed E-state index contributed by atoms with van der Waals surface area (Å²) in [4.78, 5) is 2.56. The highest BCUT2D eigenvalue weighted by atomic mass is 15.9. The van der Waals surface area contributed by atoms with Crippen LogP contribution in [0, 0.1) is 0 Å². The highest BCUT2D eigenvalue weighted by Crippen LogP contribution is 2.32. The first-order valence-corrected chi connectivity index (χ1v) is 12.0. The van der Waals surface area contributed by atoms with E-state index >= 15 is 0 Å². The molecule has 0 aromatic rings. The molecule has 0 spiro atoms. The number of rotatable bonds is 16. The smallest absolute Gasteiger partial charge is 0.173 e. The number of hydrazine groups is 2. The summed E-state index contributed by atoms with van der Waals surface area (Å²) in [5.41, 5.74) is 10.3. The van der Waals surface area contributed by atoms with Crippen molar-refractivity contribution in [2.24, 2.45) is 5.73 Å². The van der Waals surface area contributed by atoms with Crippen molar-refractivity contribution in [3.63, 3.8) is 0 Å². The number of nitrogens with zero attached hydrogens (tertiary/aromatic N) is 3. The van der Waals surface area contributed by atoms with Gasteiger partial charge in [0.1, 0.15) is 0 Å². The summed E-state index contributed by atoms with van der Waals surface area (Å²) in [5.74, 6) is -0.560. The number of hydrogen-bond donors (Lipinski definition) is 3. The molecule has 1 unspecified atom stereocenters. The van der Waals surface area contributed by atoms with Crippen LogP contribution in [0.4, 0.5) is 0 Å². The maximum Gasteiger partial charge on any atom is 0.173 e. The Hall–Kier alpha value is -0.240. The molecule has 0 aliphatic rings. The molecule has 0 radical (unpaired) electrons. The molecule has 0 heterocycles. The molecule has 29 heavy (non-hydrogen) atoms. The Morgan fingerprint density at radius 1 is 0.828 bits per heavy atom. The van der Waals surface area contributed by atoms with Crippen molar-refractivity contribution in [2.75, 3.05) is 19.6 Å². The molecule has 176 valence electrons. The highest BCUT2D eigenvalue weighted by Gasteiger charge is 2.54. The van der Waals surface area contributed by atoms with Crippen molar-refractivity contribution >= 4 is 0 Å². The lowest BCUT2D eigenvalue weighted by molar-refractivity contribution is -0.270. The second-order valence-electron chi connectivity index (χ2n) is 9.82. The summed E-state index contributed by atoms with van der Waals surface area (Å²) >= 11 is 0. The molecule has 0 aliphatic heterocycles. The molecule has 0 rings (SSSR count). The van der Waals surface area contributed by atoms with Crippen molar-refractivity contribution in [3.05, 3.63) is 0 Å². The second kappa shape index (κ2) is 13.2. The predicted molar refractivity (Wildman–Crippen MR) is 128 cm³/mol. The molecule has 0 amide bonds. The molecule has 0 fully saturated rings. The average Bonchev–Trinajstić information content (AvgIpc) is 2.57. The van der Waals surface area contributed by atoms with Crippen LogP contribution < -0.4 is 16.5 Å². The summed E-state index contributed by atoms with van der Waals surface area (Å²) in [7, 11) is 0. The quantitative estimate of drug-likeness (QED) is 0.200. The van der Waals surface area contributed by atoms with Crippen LogP contribution in [-0.2, 0) is 0 Å². The normalized spacial score (nSPS) is 15.5. The van der Waals surface area contributed by atoms with E-state index in [0.717, 1.165) is 45.3 Å². The fourth-order valence-corrected chi connectivity index (χ4v) is 4.31. The standard InChI is InChI=1S/C23H54N6/c1-12-15-16-25-29(28(20(6)7)21(8)9)23(22(10,11)24,26-19(4)5)27(17-13-2)18-14-3/h19-21,25-26H,12-18,24H2,1-11H3. The molecule has 4 N–H and O–H groups in total. The van der Waals surface area contributed by atoms with Gasteiger partial charge in [0.2, 0.25) is 0 Å². The molecule has 6 heteroatoms. The van der Waals surface area contributed by atoms with Gasteiger partial charge in [0.15, 0.2) is 5.79 Å². The summed E-state index contributed by atoms with van der Waals surface area (Å²) in [5, 5.41) is 8.76. The van der Waals surface area contributed by atoms with Gasteiger partial charge in [-0.2, -0.15) is 0 Å². The summed E-state index contributed by atoms with van der Waals surface area (Å²) in [6.07, 6.45) is 4.47. The molecule has 0 saturated heterocycles. The van der Waals surface area contributed by atoms with Gasteiger partial charge in [0, 0.05) is 37.8 Å². The van der Waals surface area contributed by atoms with Crippen LogP contribution in [-0.4, -0.2) is 64.1 Å². The predicted octanol–water partition coefficient (Wildman–Crippen LogP) is 4.14. The Morgan fingerprint density at radius 3 is 1.62 bits per heavy atom. The van der Waals surface area contributed by atoms with E-state index in [1.807, 2.05) is 0 Å². The van der Waals surface area contributed by atoms with Gasteiger partial charge in [-0.05, 0) is 74.7 Å². The summed E-state index contributed by atoms with van der Waals surface area (Å²) in [6.45, 7) is 27.5. The summed E-state index contributed by atoms with van der Waals surface area (Å²) in [6, 6.07) is 0.959. The van der Waals surface area contributed by atoms with Gasteiger partial charge in [-0.3, -0.25) is 10.2 Å². The van der Waals surface area contributed by atoms with Gasteiger partial charge in [-0.15, -0.1) is 5.12 Å². The third-order valence-electron chi connectivity index (χ3n) is 5.22. The van der Waals surface area contributed by atoms with Crippen molar-refractivity contribution in [1.29, 1.82) is 0 Å². The van der Waals surface area contributed by atoms with Crippen LogP contribution in [0.5, 0.6) is 0 Å². The van der Waals surface area contributed by atoms with E-state index in [2.05, 4.69) is 102 Å². The van der Waals surface area contributed by atoms with Crippen molar-refractivity contribution in [1.82, 2.24) is 25.8 Å². The van der Waals surface area contributed by atoms with Crippen LogP contribution >= 0.6 is 0 Å². The maximum absolute atomic E-state index is 7.06. The van der Waals surface area contributed by atoms with Crippen molar-refractivity contribution < 1.29 is 0 Å². The fraction of sp³-hybridized carbons (Fsp3) is 1.00. The van der Waals surface area contributed by atoms with Gasteiger partial charge in [0.05, 0.1) is 5.54 Å². The monoisotopic (exact) mass is 414 g/mol. The Kier molecular flexibility index (Phi) is 13.1. The van der Waals surface area contributed by atoms with Crippen molar-refractivity contribution in [3.8, 4) is 0 Å². The van der Waals surface area contributed by atoms with Gasteiger partial charge in [0.25, 0.3) is 0 Å². The first-order chi connectivity index (χ1) is 13.4. The SMILES string of the molecule is CCCCNN(N(C(C)C)C(C)C)C(NC(C)C)(N(CCC)CCC)C(C)(C)N. The van der Waals surface area contributed by atoms with E-state index in [4.69, 9.17) is 5.73 Å². The highest BCUT2D eigenvalue weighted by molar-refractivity contribution is 5.03. The Labute approximate surface area is 182 Å². The lowest BCUT2D eigenvalue weighted by Crippen LogP contribution is -2.86. The molecular weight excluding hydrogens is 360 g/mol. The minimum absolute atomic E-state index is 0.283. The van der Waals surface area contributed by atoms with Gasteiger partial charge in [-0.25, -0.2) is 10.4 Å². The Morgan fingerprint density at radius 2 is 1.31 bits per heavy atom. The van der Waals surface area contributed by atoms with Gasteiger partial charge < -0.3 is 5.73 Å². The second-order valence-corrected chi connectivity index (χ2v) is 9.82. The first-order valence-electron chi connectivity index (χ1n) is 12.0. The molecule has 0 bridgehead atoms. The Bertz CT molecular complexity index is 404. The first kappa shape index (κ1) is 28.8. The van der Waals surface area contributed by atoms with Crippen LogP contribution in [0.15, 0.2) is 0 Å². The third kappa shape index (κ3) is 7.75. The largest absolute Gasteiger partial charge is 0.322 e. The van der Waals surface area contributed by atoms with E-state index < -0.39 is 11.3 Å². The topological polar surface area (TPSA) is 59.8 Å². The maximum atomic E-state index is 7.06. The number of nitrogens with one attached hydrogen (secondary N) is 2. The zero-order valence-corrected chi connectivity index (χ0v) is 21.6. The fourth-order valence-electron chi connectivity index (χ4n) is 4.31. The third-order valence-corrected chi connectivity index (χ3v) is 5.22. The van der Waals surface area contributed by atoms with E-state index in [-0.39, 0.29) is 6.04 Å². The molecular formula is C23H54N6. The molecule has 0 aromatic heterocycles. The van der Waals surface area contributed by atoms with Gasteiger partial charge in [-0.1, -0.05) is 27.2 Å². The van der Waals surface area contributed by atoms with Crippen molar-refractivity contribution in [2.45, 2.75) is 131 Å². The number of nitrogens with two attached hydrogens (primary N) is 1. The summed E-state index contributed by atoms with van der Waals surface area (Å²) < 4.78 is 0. The van der Waals surface area contributed by atoms with E-state index in [1.165, 1.54) is 0 Å². The molecule has 0 saturated carbocycles. The molecule has 0 aliphatic carbocycles. The lowest BCUT2D eigenvalue weighted by atomic mass is 9.92. The Balaban J connectivity index is 6.76. The minimum atomic E-state index is -0.560. The molecule has 6 nitrogen and oxygen atoms in total. The minimum Gasteiger partial charge on any atom is -0.322 e. The number of unbranched alkanes of at least 4 members (excludes halogenated alkanes) is 1. The van der Waals surface area contributed by atoms with Gasteiger partial charge >= 0.3 is 0 Å². The lowest BCUT2D eigenvalue weighted by Gasteiger charge is -2.61. The van der Waals surface area contributed by atoms with E-state index in [9.17, 15) is 0 Å².